The van der Waals surface area contributed by atoms with Crippen LogP contribution in [0, 0.1) is 0 Å². The van der Waals surface area contributed by atoms with Gasteiger partial charge in [0.2, 0.25) is 11.9 Å². The zero-order valence-electron chi connectivity index (χ0n) is 17.7. The Morgan fingerprint density at radius 1 is 1.07 bits per heavy atom. The number of anilines is 3. The highest BCUT2D eigenvalue weighted by atomic mass is 16.2. The van der Waals surface area contributed by atoms with Gasteiger partial charge in [0.25, 0.3) is 0 Å². The summed E-state index contributed by atoms with van der Waals surface area (Å²) in [6.07, 6.45) is 13.9. The van der Waals surface area contributed by atoms with E-state index in [0.717, 1.165) is 43.3 Å². The van der Waals surface area contributed by atoms with Crippen molar-refractivity contribution in [1.82, 2.24) is 9.97 Å². The second-order valence-corrected chi connectivity index (χ2v) is 8.62. The summed E-state index contributed by atoms with van der Waals surface area (Å²) in [5.74, 6) is 1.99. The first-order valence-electron chi connectivity index (χ1n) is 11.3. The molecule has 0 unspecified atom stereocenters. The van der Waals surface area contributed by atoms with E-state index in [1.807, 2.05) is 13.2 Å². The molecular weight excluding hydrogens is 350 g/mol. The number of rotatable bonds is 5. The van der Waals surface area contributed by atoms with Crippen LogP contribution in [0.4, 0.5) is 17.5 Å². The van der Waals surface area contributed by atoms with Gasteiger partial charge in [-0.1, -0.05) is 39.0 Å². The third-order valence-corrected chi connectivity index (χ3v) is 7.01. The Labute approximate surface area is 169 Å². The molecule has 0 radical (unpaired) electrons. The van der Waals surface area contributed by atoms with Gasteiger partial charge in [0, 0.05) is 25.7 Å². The average Bonchev–Trinajstić information content (AvgIpc) is 3.26. The van der Waals surface area contributed by atoms with E-state index < -0.39 is 0 Å². The van der Waals surface area contributed by atoms with E-state index in [0.29, 0.717) is 12.1 Å². The number of amides is 1. The van der Waals surface area contributed by atoms with Crippen molar-refractivity contribution < 1.29 is 4.79 Å². The molecule has 2 saturated carbocycles. The summed E-state index contributed by atoms with van der Waals surface area (Å²) >= 11 is 0. The van der Waals surface area contributed by atoms with Gasteiger partial charge in [-0.25, -0.2) is 4.98 Å². The predicted octanol–water partition coefficient (Wildman–Crippen LogP) is 4.14. The monoisotopic (exact) mass is 385 g/mol. The molecule has 0 saturated heterocycles. The fraction of sp³-hybridized carbons (Fsp3) is 0.773. The van der Waals surface area contributed by atoms with E-state index in [1.54, 1.807) is 4.90 Å². The van der Waals surface area contributed by atoms with Crippen molar-refractivity contribution in [3.8, 4) is 0 Å². The van der Waals surface area contributed by atoms with Crippen molar-refractivity contribution in [2.24, 2.45) is 0 Å². The highest BCUT2D eigenvalue weighted by Gasteiger charge is 2.41. The maximum absolute atomic E-state index is 13.0. The van der Waals surface area contributed by atoms with Crippen LogP contribution in [0.25, 0.3) is 0 Å². The lowest BCUT2D eigenvalue weighted by atomic mass is 9.94. The lowest BCUT2D eigenvalue weighted by molar-refractivity contribution is -0.120. The summed E-state index contributed by atoms with van der Waals surface area (Å²) in [5, 5.41) is 0. The smallest absolute Gasteiger partial charge is 0.249 e. The van der Waals surface area contributed by atoms with E-state index >= 15 is 0 Å². The van der Waals surface area contributed by atoms with Crippen molar-refractivity contribution >= 4 is 23.4 Å². The maximum atomic E-state index is 13.0. The quantitative estimate of drug-likeness (QED) is 0.762. The Balaban J connectivity index is 1.73. The second-order valence-electron chi connectivity index (χ2n) is 8.62. The molecule has 1 atom stereocenters. The molecule has 2 aliphatic carbocycles. The number of carbonyl (C=O) groups excluding carboxylic acids is 1. The molecule has 6 nitrogen and oxygen atoms in total. The summed E-state index contributed by atoms with van der Waals surface area (Å²) < 4.78 is 0. The molecule has 4 rings (SSSR count). The van der Waals surface area contributed by atoms with E-state index in [2.05, 4.69) is 23.6 Å². The third kappa shape index (κ3) is 3.35. The number of aromatic nitrogens is 2. The Kier molecular flexibility index (Phi) is 5.74. The fourth-order valence-corrected chi connectivity index (χ4v) is 5.47. The second kappa shape index (κ2) is 8.26. The van der Waals surface area contributed by atoms with E-state index in [-0.39, 0.29) is 11.9 Å². The molecule has 1 amide bonds. The van der Waals surface area contributed by atoms with Gasteiger partial charge in [0.1, 0.15) is 11.7 Å². The number of nitrogens with zero attached hydrogens (tertiary/aromatic N) is 5. The van der Waals surface area contributed by atoms with Crippen molar-refractivity contribution in [2.45, 2.75) is 96.2 Å². The van der Waals surface area contributed by atoms with Crippen LogP contribution in [0.5, 0.6) is 0 Å². The maximum Gasteiger partial charge on any atom is 0.249 e. The summed E-state index contributed by atoms with van der Waals surface area (Å²) in [6, 6.07) is 0.864. The Hall–Kier alpha value is -1.85. The highest BCUT2D eigenvalue weighted by molar-refractivity contribution is 6.04. The minimum atomic E-state index is -0.104. The minimum Gasteiger partial charge on any atom is -0.340 e. The van der Waals surface area contributed by atoms with Crippen LogP contribution in [0.3, 0.4) is 0 Å². The van der Waals surface area contributed by atoms with Gasteiger partial charge in [0.15, 0.2) is 5.82 Å². The van der Waals surface area contributed by atoms with Gasteiger partial charge in [-0.3, -0.25) is 4.79 Å². The highest BCUT2D eigenvalue weighted by Crippen LogP contribution is 2.40. The number of likely N-dealkylation sites (N-methyl/N-ethyl adjacent to an activating group) is 1. The number of fused-ring (bicyclic) bond motifs is 1. The van der Waals surface area contributed by atoms with Gasteiger partial charge in [-0.15, -0.1) is 0 Å². The van der Waals surface area contributed by atoms with Gasteiger partial charge in [-0.05, 0) is 39.0 Å². The van der Waals surface area contributed by atoms with Crippen LogP contribution in [0.15, 0.2) is 6.20 Å². The summed E-state index contributed by atoms with van der Waals surface area (Å²) in [6.45, 7) is 5.25. The van der Waals surface area contributed by atoms with Crippen molar-refractivity contribution in [2.75, 3.05) is 28.3 Å². The van der Waals surface area contributed by atoms with Crippen molar-refractivity contribution in [3.63, 3.8) is 0 Å². The van der Waals surface area contributed by atoms with Crippen LogP contribution < -0.4 is 14.7 Å². The van der Waals surface area contributed by atoms with E-state index in [4.69, 9.17) is 9.97 Å². The molecule has 28 heavy (non-hydrogen) atoms. The van der Waals surface area contributed by atoms with Crippen LogP contribution in [-0.2, 0) is 4.79 Å². The Morgan fingerprint density at radius 2 is 1.75 bits per heavy atom. The Morgan fingerprint density at radius 3 is 2.39 bits per heavy atom. The molecule has 6 heteroatoms. The fourth-order valence-electron chi connectivity index (χ4n) is 5.47. The molecule has 2 fully saturated rings. The first-order chi connectivity index (χ1) is 13.7. The van der Waals surface area contributed by atoms with Gasteiger partial charge in [0.05, 0.1) is 6.20 Å². The molecule has 3 aliphatic rings. The van der Waals surface area contributed by atoms with Crippen LogP contribution in [-0.4, -0.2) is 47.6 Å². The largest absolute Gasteiger partial charge is 0.340 e. The van der Waals surface area contributed by atoms with Crippen LogP contribution in [0.1, 0.15) is 78.1 Å². The zero-order valence-corrected chi connectivity index (χ0v) is 17.7. The molecule has 1 aliphatic heterocycles. The molecule has 0 spiro atoms. The van der Waals surface area contributed by atoms with Gasteiger partial charge < -0.3 is 14.7 Å². The molecule has 0 aromatic carbocycles. The number of hydrogen-bond acceptors (Lipinski definition) is 5. The predicted molar refractivity (Wildman–Crippen MR) is 114 cm³/mol. The molecular formula is C22H35N5O. The normalized spacial score (nSPS) is 24.0. The Bertz CT molecular complexity index is 696. The third-order valence-electron chi connectivity index (χ3n) is 7.01. The first kappa shape index (κ1) is 19.5. The van der Waals surface area contributed by atoms with Gasteiger partial charge >= 0.3 is 0 Å². The van der Waals surface area contributed by atoms with Crippen LogP contribution in [0.2, 0.25) is 0 Å². The van der Waals surface area contributed by atoms with Crippen LogP contribution >= 0.6 is 0 Å². The average molecular weight is 386 g/mol. The minimum absolute atomic E-state index is 0.104. The summed E-state index contributed by atoms with van der Waals surface area (Å²) in [4.78, 5) is 29.4. The van der Waals surface area contributed by atoms with Crippen molar-refractivity contribution in [3.05, 3.63) is 6.20 Å². The van der Waals surface area contributed by atoms with Crippen molar-refractivity contribution in [1.29, 1.82) is 0 Å². The number of hydrogen-bond donors (Lipinski definition) is 0. The molecule has 0 bridgehead atoms. The molecule has 154 valence electrons. The summed E-state index contributed by atoms with van der Waals surface area (Å²) in [7, 11) is 1.87. The topological polar surface area (TPSA) is 52.6 Å². The lowest BCUT2D eigenvalue weighted by Gasteiger charge is -2.44. The number of carbonyl (C=O) groups is 1. The SMILES string of the molecule is CC[C@@H]1C(=O)N(C)c2cnc(N(CC)C3CCCCC3)nc2N1C1CCCC1. The zero-order chi connectivity index (χ0) is 19.7. The standard InChI is InChI=1S/C22H35N5O/c1-4-18-21(28)25(3)19-15-23-22(26(5-2)16-11-7-6-8-12-16)24-20(19)27(18)17-13-9-10-14-17/h15-18H,4-14H2,1-3H3/t18-/m1/s1. The molecule has 1 aromatic rings. The molecule has 0 N–H and O–H groups in total. The first-order valence-corrected chi connectivity index (χ1v) is 11.3. The van der Waals surface area contributed by atoms with Gasteiger partial charge in [-0.2, -0.15) is 4.98 Å². The summed E-state index contributed by atoms with van der Waals surface area (Å²) in [5.41, 5.74) is 0.866. The molecule has 2 heterocycles. The van der Waals surface area contributed by atoms with E-state index in [1.165, 1.54) is 44.9 Å². The molecule has 1 aromatic heterocycles. The lowest BCUT2D eigenvalue weighted by Crippen LogP contribution is -2.55. The van der Waals surface area contributed by atoms with E-state index in [9.17, 15) is 4.79 Å².